The number of rotatable bonds is 5. The van der Waals surface area contributed by atoms with Crippen molar-refractivity contribution in [1.82, 2.24) is 10.6 Å². The van der Waals surface area contributed by atoms with Gasteiger partial charge in [0.2, 0.25) is 5.91 Å². The zero-order valence-electron chi connectivity index (χ0n) is 10.1. The maximum atomic E-state index is 11.7. The van der Waals surface area contributed by atoms with Gasteiger partial charge < -0.3 is 15.4 Å². The molecule has 1 heterocycles. The number of ether oxygens (including phenoxy) is 1. The summed E-state index contributed by atoms with van der Waals surface area (Å²) in [6.07, 6.45) is 4.69. The van der Waals surface area contributed by atoms with E-state index in [0.717, 1.165) is 31.9 Å². The monoisotopic (exact) mass is 226 g/mol. The first-order valence-electron chi connectivity index (χ1n) is 6.27. The van der Waals surface area contributed by atoms with E-state index in [4.69, 9.17) is 4.74 Å². The van der Waals surface area contributed by atoms with Crippen molar-refractivity contribution in [1.29, 1.82) is 0 Å². The summed E-state index contributed by atoms with van der Waals surface area (Å²) in [6.45, 7) is 4.95. The zero-order valence-corrected chi connectivity index (χ0v) is 10.1. The highest BCUT2D eigenvalue weighted by molar-refractivity contribution is 5.78. The first-order valence-corrected chi connectivity index (χ1v) is 6.27. The van der Waals surface area contributed by atoms with Crippen molar-refractivity contribution in [3.63, 3.8) is 0 Å². The van der Waals surface area contributed by atoms with E-state index < -0.39 is 0 Å². The van der Waals surface area contributed by atoms with Crippen LogP contribution in [-0.4, -0.2) is 37.7 Å². The van der Waals surface area contributed by atoms with Crippen LogP contribution in [0.1, 0.15) is 32.6 Å². The Kier molecular flexibility index (Phi) is 3.82. The van der Waals surface area contributed by atoms with Crippen LogP contribution in [0.15, 0.2) is 0 Å². The summed E-state index contributed by atoms with van der Waals surface area (Å²) in [7, 11) is 0. The first-order chi connectivity index (χ1) is 7.68. The summed E-state index contributed by atoms with van der Waals surface area (Å²) in [4.78, 5) is 11.7. The van der Waals surface area contributed by atoms with Crippen LogP contribution in [0, 0.1) is 5.92 Å². The van der Waals surface area contributed by atoms with Gasteiger partial charge in [0.1, 0.15) is 0 Å². The summed E-state index contributed by atoms with van der Waals surface area (Å²) < 4.78 is 5.40. The van der Waals surface area contributed by atoms with E-state index in [1.807, 2.05) is 0 Å². The van der Waals surface area contributed by atoms with Crippen LogP contribution < -0.4 is 10.6 Å². The Labute approximate surface area is 97.1 Å². The number of nitrogens with one attached hydrogen (secondary N) is 2. The molecule has 4 nitrogen and oxygen atoms in total. The average molecular weight is 226 g/mol. The van der Waals surface area contributed by atoms with E-state index in [9.17, 15) is 4.79 Å². The third-order valence-electron chi connectivity index (χ3n) is 3.29. The van der Waals surface area contributed by atoms with Crippen LogP contribution in [0.3, 0.4) is 0 Å². The Morgan fingerprint density at radius 1 is 1.50 bits per heavy atom. The summed E-state index contributed by atoms with van der Waals surface area (Å²) in [5, 5.41) is 6.26. The summed E-state index contributed by atoms with van der Waals surface area (Å²) in [5.41, 5.74) is -0.156. The van der Waals surface area contributed by atoms with Gasteiger partial charge in [-0.1, -0.05) is 0 Å². The predicted molar refractivity (Wildman–Crippen MR) is 62.2 cm³/mol. The second kappa shape index (κ2) is 5.15. The number of hydrogen-bond donors (Lipinski definition) is 2. The van der Waals surface area contributed by atoms with Gasteiger partial charge in [0.25, 0.3) is 0 Å². The molecule has 4 heteroatoms. The molecular weight excluding hydrogens is 204 g/mol. The van der Waals surface area contributed by atoms with E-state index in [1.54, 1.807) is 0 Å². The highest BCUT2D eigenvalue weighted by Gasteiger charge is 2.29. The minimum Gasteiger partial charge on any atom is -0.379 e. The van der Waals surface area contributed by atoms with Gasteiger partial charge in [0.15, 0.2) is 0 Å². The molecule has 0 bridgehead atoms. The van der Waals surface area contributed by atoms with Gasteiger partial charge in [-0.05, 0) is 45.1 Å². The molecule has 0 aromatic carbocycles. The second-order valence-corrected chi connectivity index (χ2v) is 5.34. The zero-order chi connectivity index (χ0) is 11.4. The van der Waals surface area contributed by atoms with Gasteiger partial charge in [0.05, 0.1) is 18.7 Å². The lowest BCUT2D eigenvalue weighted by molar-refractivity contribution is -0.123. The van der Waals surface area contributed by atoms with Gasteiger partial charge in [-0.2, -0.15) is 0 Å². The number of carbonyl (C=O) groups is 1. The Morgan fingerprint density at radius 3 is 2.94 bits per heavy atom. The fourth-order valence-corrected chi connectivity index (χ4v) is 2.13. The van der Waals surface area contributed by atoms with Crippen molar-refractivity contribution < 1.29 is 9.53 Å². The standard InChI is InChI=1S/C12H22N2O2/c1-12(5-2-6-16-9-12)14-11(15)8-13-7-10-3-4-10/h10,13H,2-9H2,1H3,(H,14,15). The molecule has 0 aromatic heterocycles. The lowest BCUT2D eigenvalue weighted by atomic mass is 9.95. The van der Waals surface area contributed by atoms with Crippen LogP contribution in [0.2, 0.25) is 0 Å². The molecule has 0 aromatic rings. The first kappa shape index (κ1) is 11.9. The molecule has 0 radical (unpaired) electrons. The van der Waals surface area contributed by atoms with Gasteiger partial charge >= 0.3 is 0 Å². The molecule has 1 aliphatic heterocycles. The molecule has 92 valence electrons. The summed E-state index contributed by atoms with van der Waals surface area (Å²) in [6, 6.07) is 0. The number of hydrogen-bond acceptors (Lipinski definition) is 3. The molecule has 1 saturated carbocycles. The van der Waals surface area contributed by atoms with Gasteiger partial charge in [0, 0.05) is 6.61 Å². The maximum Gasteiger partial charge on any atom is 0.234 e. The quantitative estimate of drug-likeness (QED) is 0.724. The molecule has 1 saturated heterocycles. The van der Waals surface area contributed by atoms with Crippen LogP contribution in [0.5, 0.6) is 0 Å². The van der Waals surface area contributed by atoms with Crippen molar-refractivity contribution in [2.24, 2.45) is 5.92 Å². The SMILES string of the molecule is CC1(NC(=O)CNCC2CC2)CCCOC1. The molecule has 2 aliphatic rings. The Morgan fingerprint density at radius 2 is 2.31 bits per heavy atom. The van der Waals surface area contributed by atoms with Crippen LogP contribution in [-0.2, 0) is 9.53 Å². The molecule has 2 rings (SSSR count). The highest BCUT2D eigenvalue weighted by Crippen LogP contribution is 2.27. The Bertz CT molecular complexity index is 245. The molecular formula is C12H22N2O2. The smallest absolute Gasteiger partial charge is 0.234 e. The largest absolute Gasteiger partial charge is 0.379 e. The molecule has 2 N–H and O–H groups in total. The fourth-order valence-electron chi connectivity index (χ4n) is 2.13. The van der Waals surface area contributed by atoms with Gasteiger partial charge in [-0.25, -0.2) is 0 Å². The minimum atomic E-state index is -0.156. The summed E-state index contributed by atoms with van der Waals surface area (Å²) in [5.74, 6) is 0.912. The normalized spacial score (nSPS) is 30.1. The molecule has 0 spiro atoms. The lowest BCUT2D eigenvalue weighted by Crippen LogP contribution is -2.53. The maximum absolute atomic E-state index is 11.7. The van der Waals surface area contributed by atoms with Gasteiger partial charge in [-0.3, -0.25) is 4.79 Å². The minimum absolute atomic E-state index is 0.0913. The topological polar surface area (TPSA) is 50.4 Å². The van der Waals surface area contributed by atoms with Crippen molar-refractivity contribution >= 4 is 5.91 Å². The van der Waals surface area contributed by atoms with Crippen LogP contribution >= 0.6 is 0 Å². The van der Waals surface area contributed by atoms with Crippen molar-refractivity contribution in [2.45, 2.75) is 38.1 Å². The van der Waals surface area contributed by atoms with Crippen molar-refractivity contribution in [3.05, 3.63) is 0 Å². The van der Waals surface area contributed by atoms with Crippen molar-refractivity contribution in [3.8, 4) is 0 Å². The number of carbonyl (C=O) groups excluding carboxylic acids is 1. The van der Waals surface area contributed by atoms with E-state index in [0.29, 0.717) is 13.2 Å². The molecule has 1 atom stereocenters. The Balaban J connectivity index is 1.64. The van der Waals surface area contributed by atoms with E-state index in [1.165, 1.54) is 12.8 Å². The molecule has 1 aliphatic carbocycles. The average Bonchev–Trinajstić information content (AvgIpc) is 3.02. The fraction of sp³-hybridized carbons (Fsp3) is 0.917. The Hall–Kier alpha value is -0.610. The summed E-state index contributed by atoms with van der Waals surface area (Å²) >= 11 is 0. The molecule has 16 heavy (non-hydrogen) atoms. The second-order valence-electron chi connectivity index (χ2n) is 5.34. The molecule has 1 unspecified atom stereocenters. The van der Waals surface area contributed by atoms with E-state index in [2.05, 4.69) is 17.6 Å². The molecule has 1 amide bonds. The molecule has 2 fully saturated rings. The van der Waals surface area contributed by atoms with E-state index in [-0.39, 0.29) is 11.4 Å². The van der Waals surface area contributed by atoms with Crippen molar-refractivity contribution in [2.75, 3.05) is 26.3 Å². The lowest BCUT2D eigenvalue weighted by Gasteiger charge is -2.34. The third-order valence-corrected chi connectivity index (χ3v) is 3.29. The number of amides is 1. The van der Waals surface area contributed by atoms with Crippen LogP contribution in [0.25, 0.3) is 0 Å². The van der Waals surface area contributed by atoms with E-state index >= 15 is 0 Å². The van der Waals surface area contributed by atoms with Gasteiger partial charge in [-0.15, -0.1) is 0 Å². The third kappa shape index (κ3) is 3.76. The predicted octanol–water partition coefficient (Wildman–Crippen LogP) is 0.671. The highest BCUT2D eigenvalue weighted by atomic mass is 16.5. The van der Waals surface area contributed by atoms with Crippen LogP contribution in [0.4, 0.5) is 0 Å².